The molecule has 3 rings (SSSR count). The van der Waals surface area contributed by atoms with E-state index in [-0.39, 0.29) is 11.2 Å². The van der Waals surface area contributed by atoms with Gasteiger partial charge in [-0.2, -0.15) is 0 Å². The van der Waals surface area contributed by atoms with Gasteiger partial charge in [-0.05, 0) is 31.2 Å². The maximum absolute atomic E-state index is 12.3. The van der Waals surface area contributed by atoms with Crippen molar-refractivity contribution in [2.24, 2.45) is 7.05 Å². The predicted molar refractivity (Wildman–Crippen MR) is 94.6 cm³/mol. The Labute approximate surface area is 144 Å². The van der Waals surface area contributed by atoms with Gasteiger partial charge in [-0.1, -0.05) is 30.0 Å². The highest BCUT2D eigenvalue weighted by atomic mass is 32.2. The molecule has 0 saturated carbocycles. The van der Waals surface area contributed by atoms with E-state index in [2.05, 4.69) is 20.5 Å². The van der Waals surface area contributed by atoms with Crippen LogP contribution in [-0.4, -0.2) is 30.9 Å². The number of pyridine rings is 1. The quantitative estimate of drug-likeness (QED) is 0.724. The number of thioether (sulfide) groups is 1. The molecule has 0 aliphatic carbocycles. The minimum absolute atomic E-state index is 0.0721. The molecule has 1 aromatic carbocycles. The Morgan fingerprint density at radius 3 is 2.67 bits per heavy atom. The standard InChI is InChI=1S/C17H17N5OS/c1-12(16(23)19-14-8-4-3-5-9-14)24-17-21-20-15(22(17)2)13-7-6-10-18-11-13/h3-12H,1-2H3,(H,19,23). The summed E-state index contributed by atoms with van der Waals surface area (Å²) < 4.78 is 1.87. The number of nitrogens with one attached hydrogen (secondary N) is 1. The number of benzene rings is 1. The lowest BCUT2D eigenvalue weighted by Gasteiger charge is -2.11. The first-order valence-corrected chi connectivity index (χ1v) is 8.35. The van der Waals surface area contributed by atoms with Crippen LogP contribution in [0.2, 0.25) is 0 Å². The summed E-state index contributed by atoms with van der Waals surface area (Å²) >= 11 is 1.37. The van der Waals surface area contributed by atoms with Gasteiger partial charge in [-0.3, -0.25) is 9.78 Å². The number of aromatic nitrogens is 4. The van der Waals surface area contributed by atoms with Gasteiger partial charge in [-0.25, -0.2) is 0 Å². The number of hydrogen-bond donors (Lipinski definition) is 1. The van der Waals surface area contributed by atoms with E-state index in [1.807, 2.05) is 61.0 Å². The average Bonchev–Trinajstić information content (AvgIpc) is 2.97. The topological polar surface area (TPSA) is 72.7 Å². The summed E-state index contributed by atoms with van der Waals surface area (Å²) in [4.78, 5) is 16.4. The van der Waals surface area contributed by atoms with Gasteiger partial charge in [0.05, 0.1) is 5.25 Å². The summed E-state index contributed by atoms with van der Waals surface area (Å²) in [7, 11) is 1.88. The highest BCUT2D eigenvalue weighted by molar-refractivity contribution is 8.00. The monoisotopic (exact) mass is 339 g/mol. The Morgan fingerprint density at radius 2 is 1.96 bits per heavy atom. The molecular weight excluding hydrogens is 322 g/mol. The van der Waals surface area contributed by atoms with Crippen molar-refractivity contribution >= 4 is 23.4 Å². The van der Waals surface area contributed by atoms with Gasteiger partial charge in [-0.15, -0.1) is 10.2 Å². The third-order valence-corrected chi connectivity index (χ3v) is 4.58. The van der Waals surface area contributed by atoms with Crippen molar-refractivity contribution in [1.82, 2.24) is 19.7 Å². The molecule has 2 heterocycles. The van der Waals surface area contributed by atoms with Crippen LogP contribution in [-0.2, 0) is 11.8 Å². The molecule has 24 heavy (non-hydrogen) atoms. The van der Waals surface area contributed by atoms with Crippen molar-refractivity contribution in [3.05, 3.63) is 54.9 Å². The zero-order chi connectivity index (χ0) is 16.9. The molecule has 1 amide bonds. The lowest BCUT2D eigenvalue weighted by Crippen LogP contribution is -2.22. The third kappa shape index (κ3) is 3.62. The molecule has 0 fully saturated rings. The van der Waals surface area contributed by atoms with Crippen molar-refractivity contribution in [2.45, 2.75) is 17.3 Å². The third-order valence-electron chi connectivity index (χ3n) is 3.45. The van der Waals surface area contributed by atoms with E-state index in [0.29, 0.717) is 5.16 Å². The molecule has 7 heteroatoms. The first-order chi connectivity index (χ1) is 11.6. The van der Waals surface area contributed by atoms with Crippen molar-refractivity contribution in [1.29, 1.82) is 0 Å². The van der Waals surface area contributed by atoms with Crippen LogP contribution < -0.4 is 5.32 Å². The van der Waals surface area contributed by atoms with Crippen LogP contribution in [0.15, 0.2) is 60.0 Å². The van der Waals surface area contributed by atoms with Gasteiger partial charge in [0, 0.05) is 30.7 Å². The van der Waals surface area contributed by atoms with Crippen molar-refractivity contribution in [3.63, 3.8) is 0 Å². The fourth-order valence-electron chi connectivity index (χ4n) is 2.14. The first kappa shape index (κ1) is 16.2. The lowest BCUT2D eigenvalue weighted by molar-refractivity contribution is -0.115. The number of carbonyl (C=O) groups excluding carboxylic acids is 1. The van der Waals surface area contributed by atoms with E-state index in [0.717, 1.165) is 17.1 Å². The van der Waals surface area contributed by atoms with Crippen LogP contribution in [0.25, 0.3) is 11.4 Å². The molecule has 1 unspecified atom stereocenters. The van der Waals surface area contributed by atoms with E-state index in [1.165, 1.54) is 11.8 Å². The largest absolute Gasteiger partial charge is 0.325 e. The van der Waals surface area contributed by atoms with Gasteiger partial charge >= 0.3 is 0 Å². The van der Waals surface area contributed by atoms with Gasteiger partial charge < -0.3 is 9.88 Å². The number of para-hydroxylation sites is 1. The van der Waals surface area contributed by atoms with E-state index < -0.39 is 0 Å². The van der Waals surface area contributed by atoms with Crippen LogP contribution in [0.5, 0.6) is 0 Å². The van der Waals surface area contributed by atoms with E-state index in [9.17, 15) is 4.79 Å². The second-order valence-corrected chi connectivity index (χ2v) is 6.53. The van der Waals surface area contributed by atoms with E-state index in [1.54, 1.807) is 12.4 Å². The van der Waals surface area contributed by atoms with Gasteiger partial charge in [0.2, 0.25) is 5.91 Å². The predicted octanol–water partition coefficient (Wildman–Crippen LogP) is 3.00. The highest BCUT2D eigenvalue weighted by Gasteiger charge is 2.19. The minimum atomic E-state index is -0.296. The zero-order valence-electron chi connectivity index (χ0n) is 13.4. The molecule has 0 saturated heterocycles. The maximum atomic E-state index is 12.3. The number of anilines is 1. The van der Waals surface area contributed by atoms with Crippen LogP contribution in [0, 0.1) is 0 Å². The molecule has 0 aliphatic rings. The first-order valence-electron chi connectivity index (χ1n) is 7.47. The fourth-order valence-corrected chi connectivity index (χ4v) is 2.96. The highest BCUT2D eigenvalue weighted by Crippen LogP contribution is 2.25. The van der Waals surface area contributed by atoms with E-state index >= 15 is 0 Å². The molecule has 6 nitrogen and oxygen atoms in total. The lowest BCUT2D eigenvalue weighted by atomic mass is 10.3. The number of rotatable bonds is 5. The number of amides is 1. The second kappa shape index (κ2) is 7.27. The minimum Gasteiger partial charge on any atom is -0.325 e. The number of carbonyl (C=O) groups is 1. The van der Waals surface area contributed by atoms with Crippen LogP contribution in [0.3, 0.4) is 0 Å². The van der Waals surface area contributed by atoms with Gasteiger partial charge in [0.15, 0.2) is 11.0 Å². The molecule has 3 aromatic rings. The van der Waals surface area contributed by atoms with Gasteiger partial charge in [0.25, 0.3) is 0 Å². The van der Waals surface area contributed by atoms with Crippen molar-refractivity contribution in [3.8, 4) is 11.4 Å². The van der Waals surface area contributed by atoms with Crippen LogP contribution in [0.4, 0.5) is 5.69 Å². The molecular formula is C17H17N5OS. The summed E-state index contributed by atoms with van der Waals surface area (Å²) in [5.74, 6) is 0.651. The fraction of sp³-hybridized carbons (Fsp3) is 0.176. The Balaban J connectivity index is 1.70. The summed E-state index contributed by atoms with van der Waals surface area (Å²) in [6.45, 7) is 1.85. The Kier molecular flexibility index (Phi) is 4.90. The summed E-state index contributed by atoms with van der Waals surface area (Å²) in [6.07, 6.45) is 3.45. The van der Waals surface area contributed by atoms with Crippen LogP contribution in [0.1, 0.15) is 6.92 Å². The molecule has 0 bridgehead atoms. The average molecular weight is 339 g/mol. The molecule has 0 aliphatic heterocycles. The molecule has 2 aromatic heterocycles. The second-order valence-electron chi connectivity index (χ2n) is 5.22. The summed E-state index contributed by atoms with van der Waals surface area (Å²) in [6, 6.07) is 13.2. The zero-order valence-corrected chi connectivity index (χ0v) is 14.2. The summed E-state index contributed by atoms with van der Waals surface area (Å²) in [5, 5.41) is 11.7. The smallest absolute Gasteiger partial charge is 0.237 e. The molecule has 0 radical (unpaired) electrons. The normalized spacial score (nSPS) is 11.9. The molecule has 1 atom stereocenters. The molecule has 1 N–H and O–H groups in total. The molecule has 122 valence electrons. The summed E-state index contributed by atoms with van der Waals surface area (Å²) in [5.41, 5.74) is 1.67. The van der Waals surface area contributed by atoms with E-state index in [4.69, 9.17) is 0 Å². The number of hydrogen-bond acceptors (Lipinski definition) is 5. The van der Waals surface area contributed by atoms with Gasteiger partial charge in [0.1, 0.15) is 0 Å². The Bertz CT molecular complexity index is 820. The maximum Gasteiger partial charge on any atom is 0.237 e. The number of nitrogens with zero attached hydrogens (tertiary/aromatic N) is 4. The SMILES string of the molecule is CC(Sc1nnc(-c2cccnc2)n1C)C(=O)Nc1ccccc1. The Hall–Kier alpha value is -2.67. The van der Waals surface area contributed by atoms with Crippen molar-refractivity contribution in [2.75, 3.05) is 5.32 Å². The van der Waals surface area contributed by atoms with Crippen molar-refractivity contribution < 1.29 is 4.79 Å². The molecule has 0 spiro atoms. The Morgan fingerprint density at radius 1 is 1.17 bits per heavy atom. The van der Waals surface area contributed by atoms with Crippen LogP contribution >= 0.6 is 11.8 Å².